The Morgan fingerprint density at radius 2 is 0.875 bits per heavy atom. The first-order valence-corrected chi connectivity index (χ1v) is 3.31. The van der Waals surface area contributed by atoms with Gasteiger partial charge in [-0.2, -0.15) is 0 Å². The van der Waals surface area contributed by atoms with Gasteiger partial charge in [-0.05, 0) is 0 Å². The van der Waals surface area contributed by atoms with Gasteiger partial charge in [0.15, 0.2) is 0 Å². The summed E-state index contributed by atoms with van der Waals surface area (Å²) in [5.41, 5.74) is 0. The van der Waals surface area contributed by atoms with Crippen molar-refractivity contribution >= 4 is 22.7 Å². The van der Waals surface area contributed by atoms with Gasteiger partial charge in [0.05, 0.1) is 0 Å². The van der Waals surface area contributed by atoms with E-state index < -0.39 is 22.7 Å². The summed E-state index contributed by atoms with van der Waals surface area (Å²) in [5, 5.41) is 30.6. The molecule has 80 valence electrons. The summed E-state index contributed by atoms with van der Waals surface area (Å²) < 4.78 is 32.8. The van der Waals surface area contributed by atoms with Gasteiger partial charge in [0.25, 0.3) is 0 Å². The van der Waals surface area contributed by atoms with Gasteiger partial charge < -0.3 is 34.6 Å². The molecule has 3 N–H and O–H groups in total. The molecule has 16 heavy (non-hydrogen) atoms. The van der Waals surface area contributed by atoms with E-state index >= 15 is 0 Å². The predicted molar refractivity (Wildman–Crippen MR) is 28.4 cm³/mol. The molecule has 0 heterocycles. The van der Waals surface area contributed by atoms with Crippen molar-refractivity contribution in [2.45, 2.75) is 0 Å². The van der Waals surface area contributed by atoms with Crippen LogP contribution < -0.4 is 98.9 Å². The first-order chi connectivity index (χ1) is 5.46. The van der Waals surface area contributed by atoms with Crippen LogP contribution in [0.5, 0.6) is 0 Å². The standard InChI is InChI=1S/2CH2O3.3Na.H2O4S/c2*2-1(3)4;;;;1-5(2,3)4/h2*(H2,2,3,4);;;;(H2,1,2,3,4)/q;;3*+1;/p-3. The third-order valence-electron chi connectivity index (χ3n) is 0. The molecular weight excluding hydrogens is 285 g/mol. The van der Waals surface area contributed by atoms with E-state index in [0.717, 1.165) is 0 Å². The molecule has 0 unspecified atom stereocenters. The molecule has 0 aromatic heterocycles. The second-order valence-corrected chi connectivity index (χ2v) is 1.82. The van der Waals surface area contributed by atoms with Crippen LogP contribution in [0.2, 0.25) is 0 Å². The Hall–Kier alpha value is 1.41. The largest absolute Gasteiger partial charge is 1.00 e. The van der Waals surface area contributed by atoms with E-state index in [1.54, 1.807) is 0 Å². The average molecular weight is 288 g/mol. The number of hydrogen-bond acceptors (Lipinski definition) is 7. The maximum absolute atomic E-state index is 8.63. The molecule has 0 aliphatic carbocycles. The van der Waals surface area contributed by atoms with Crippen molar-refractivity contribution in [3.8, 4) is 0 Å². The first kappa shape index (κ1) is 36.0. The van der Waals surface area contributed by atoms with Crippen molar-refractivity contribution in [1.82, 2.24) is 0 Å². The Kier molecular flexibility index (Phi) is 48.8. The Labute approximate surface area is 156 Å². The second-order valence-electron chi connectivity index (χ2n) is 0.960. The van der Waals surface area contributed by atoms with Crippen LogP contribution in [0.4, 0.5) is 9.59 Å². The molecule has 0 saturated heterocycles. The molecule has 0 amide bonds. The summed E-state index contributed by atoms with van der Waals surface area (Å²) in [6.07, 6.45) is -4.17. The molecule has 0 bridgehead atoms. The molecule has 0 atom stereocenters. The van der Waals surface area contributed by atoms with Crippen molar-refractivity contribution in [3.05, 3.63) is 0 Å². The summed E-state index contributed by atoms with van der Waals surface area (Å²) in [6.45, 7) is 0. The molecule has 0 aromatic rings. The number of carbonyl (C=O) groups is 2. The molecular formula is C2H3Na3O10S. The molecule has 0 fully saturated rings. The minimum absolute atomic E-state index is 0. The van der Waals surface area contributed by atoms with Gasteiger partial charge in [-0.1, -0.05) is 0 Å². The van der Waals surface area contributed by atoms with Gasteiger partial charge in [0.1, 0.15) is 0 Å². The number of carboxylic acid groups (broad SMARTS) is 4. The van der Waals surface area contributed by atoms with E-state index in [2.05, 4.69) is 0 Å². The summed E-state index contributed by atoms with van der Waals surface area (Å²) >= 11 is 0. The molecule has 0 radical (unpaired) electrons. The molecule has 0 aliphatic rings. The smallest absolute Gasteiger partial charge is 0.726 e. The third kappa shape index (κ3) is 1610. The van der Waals surface area contributed by atoms with Crippen molar-refractivity contribution < 1.29 is 136 Å². The third-order valence-corrected chi connectivity index (χ3v) is 0. The molecule has 0 saturated carbocycles. The van der Waals surface area contributed by atoms with Crippen LogP contribution in [0.15, 0.2) is 0 Å². The van der Waals surface area contributed by atoms with Crippen molar-refractivity contribution in [1.29, 1.82) is 0 Å². The van der Waals surface area contributed by atoms with E-state index in [0.29, 0.717) is 0 Å². The molecule has 14 heteroatoms. The molecule has 0 rings (SSSR count). The fourth-order valence-electron chi connectivity index (χ4n) is 0. The van der Waals surface area contributed by atoms with Gasteiger partial charge in [0, 0.05) is 0 Å². The molecule has 0 spiro atoms. The minimum atomic E-state index is -4.92. The van der Waals surface area contributed by atoms with Crippen molar-refractivity contribution in [2.75, 3.05) is 0 Å². The molecule has 0 aliphatic heterocycles. The zero-order chi connectivity index (χ0) is 11.7. The quantitative estimate of drug-likeness (QED) is 0.218. The van der Waals surface area contributed by atoms with Crippen LogP contribution >= 0.6 is 0 Å². The average Bonchev–Trinajstić information content (AvgIpc) is 1.50. The van der Waals surface area contributed by atoms with E-state index in [-0.39, 0.29) is 88.7 Å². The SMILES string of the molecule is O=C([O-])O.O=C([O-])O.O=S(=O)([O-])O.[Na+].[Na+].[Na+]. The predicted octanol–water partition coefficient (Wildman–Crippen LogP) is -12.2. The first-order valence-electron chi connectivity index (χ1n) is 1.95. The van der Waals surface area contributed by atoms with Crippen LogP contribution in [0.3, 0.4) is 0 Å². The Balaban J connectivity index is -0.0000000216. The zero-order valence-electron chi connectivity index (χ0n) is 8.61. The van der Waals surface area contributed by atoms with Crippen molar-refractivity contribution in [2.24, 2.45) is 0 Å². The van der Waals surface area contributed by atoms with Crippen LogP contribution in [0, 0.1) is 0 Å². The van der Waals surface area contributed by atoms with Gasteiger partial charge in [-0.25, -0.2) is 8.42 Å². The van der Waals surface area contributed by atoms with Crippen LogP contribution in [0.1, 0.15) is 0 Å². The zero-order valence-corrected chi connectivity index (χ0v) is 15.4. The monoisotopic (exact) mass is 288 g/mol. The van der Waals surface area contributed by atoms with E-state index in [4.69, 9.17) is 47.5 Å². The summed E-state index contributed by atoms with van der Waals surface area (Å²) in [5.74, 6) is 0. The minimum Gasteiger partial charge on any atom is -0.726 e. The summed E-state index contributed by atoms with van der Waals surface area (Å²) in [4.78, 5) is 16.9. The van der Waals surface area contributed by atoms with Crippen LogP contribution in [-0.4, -0.2) is 40.0 Å². The van der Waals surface area contributed by atoms with Gasteiger partial charge >= 0.3 is 88.7 Å². The summed E-state index contributed by atoms with van der Waals surface area (Å²) in [6, 6.07) is 0. The van der Waals surface area contributed by atoms with E-state index in [9.17, 15) is 0 Å². The van der Waals surface area contributed by atoms with Crippen LogP contribution in [-0.2, 0) is 10.4 Å². The number of hydrogen-bond donors (Lipinski definition) is 3. The number of rotatable bonds is 0. The molecule has 0 aromatic carbocycles. The normalized spacial score (nSPS) is 6.62. The van der Waals surface area contributed by atoms with Gasteiger partial charge in [-0.15, -0.1) is 0 Å². The molecule has 10 nitrogen and oxygen atoms in total. The maximum Gasteiger partial charge on any atom is 1.00 e. The summed E-state index contributed by atoms with van der Waals surface area (Å²) in [7, 11) is -4.92. The fraction of sp³-hybridized carbons (Fsp3) is 0. The van der Waals surface area contributed by atoms with E-state index in [1.807, 2.05) is 0 Å². The Morgan fingerprint density at radius 3 is 0.875 bits per heavy atom. The topological polar surface area (TPSA) is 198 Å². The van der Waals surface area contributed by atoms with Gasteiger partial charge in [-0.3, -0.25) is 4.55 Å². The Bertz CT molecular complexity index is 219. The second kappa shape index (κ2) is 21.7. The van der Waals surface area contributed by atoms with Crippen molar-refractivity contribution in [3.63, 3.8) is 0 Å². The Morgan fingerprint density at radius 1 is 0.875 bits per heavy atom. The van der Waals surface area contributed by atoms with E-state index in [1.165, 1.54) is 0 Å². The van der Waals surface area contributed by atoms with Gasteiger partial charge in [0.2, 0.25) is 22.7 Å². The maximum atomic E-state index is 8.63. The van der Waals surface area contributed by atoms with Crippen LogP contribution in [0.25, 0.3) is 0 Å². The fourth-order valence-corrected chi connectivity index (χ4v) is 0.